The van der Waals surface area contributed by atoms with Crippen molar-refractivity contribution in [3.8, 4) is 0 Å². The van der Waals surface area contributed by atoms with Crippen LogP contribution in [0.3, 0.4) is 0 Å². The van der Waals surface area contributed by atoms with Crippen LogP contribution in [0.1, 0.15) is 29.1 Å². The SMILES string of the molecule is C[C@H](NC(=O)c1ccccc1)c1nnc(SCC(=O)Nc2nncs2)n1C. The molecule has 0 fully saturated rings. The third-order valence-electron chi connectivity index (χ3n) is 3.58. The normalized spacial score (nSPS) is 11.8. The molecule has 9 nitrogen and oxygen atoms in total. The van der Waals surface area contributed by atoms with Gasteiger partial charge in [-0.2, -0.15) is 0 Å². The standard InChI is InChI=1S/C16H17N7O2S2/c1-10(18-14(25)11-6-4-3-5-7-11)13-20-22-16(23(13)2)26-8-12(24)19-15-21-17-9-27-15/h3-7,9-10H,8H2,1-2H3,(H,18,25)(H,19,21,24)/t10-/m0/s1. The van der Waals surface area contributed by atoms with Gasteiger partial charge in [0.25, 0.3) is 5.91 Å². The molecule has 2 amide bonds. The minimum Gasteiger partial charge on any atom is -0.342 e. The Morgan fingerprint density at radius 2 is 2.00 bits per heavy atom. The molecule has 2 N–H and O–H groups in total. The van der Waals surface area contributed by atoms with E-state index in [4.69, 9.17) is 0 Å². The second kappa shape index (κ2) is 8.73. The lowest BCUT2D eigenvalue weighted by molar-refractivity contribution is -0.113. The molecule has 0 unspecified atom stereocenters. The van der Waals surface area contributed by atoms with E-state index in [1.165, 1.54) is 23.1 Å². The van der Waals surface area contributed by atoms with Crippen LogP contribution in [-0.2, 0) is 11.8 Å². The van der Waals surface area contributed by atoms with Crippen molar-refractivity contribution in [2.24, 2.45) is 7.05 Å². The number of aromatic nitrogens is 5. The topological polar surface area (TPSA) is 115 Å². The average Bonchev–Trinajstić information content (AvgIpc) is 3.30. The zero-order chi connectivity index (χ0) is 19.2. The van der Waals surface area contributed by atoms with E-state index in [0.29, 0.717) is 21.7 Å². The summed E-state index contributed by atoms with van der Waals surface area (Å²) in [7, 11) is 1.80. The molecule has 0 spiro atoms. The van der Waals surface area contributed by atoms with Gasteiger partial charge in [0, 0.05) is 12.6 Å². The second-order valence-electron chi connectivity index (χ2n) is 5.54. The van der Waals surface area contributed by atoms with Crippen molar-refractivity contribution in [1.82, 2.24) is 30.3 Å². The highest BCUT2D eigenvalue weighted by Crippen LogP contribution is 2.20. The largest absolute Gasteiger partial charge is 0.342 e. The quantitative estimate of drug-likeness (QED) is 0.579. The average molecular weight is 403 g/mol. The van der Waals surface area contributed by atoms with Gasteiger partial charge in [0.15, 0.2) is 11.0 Å². The minimum absolute atomic E-state index is 0.163. The van der Waals surface area contributed by atoms with Crippen LogP contribution in [-0.4, -0.2) is 42.5 Å². The van der Waals surface area contributed by atoms with Crippen molar-refractivity contribution in [2.45, 2.75) is 18.1 Å². The zero-order valence-corrected chi connectivity index (χ0v) is 16.3. The highest BCUT2D eigenvalue weighted by molar-refractivity contribution is 7.99. The third-order valence-corrected chi connectivity index (χ3v) is 5.21. The Bertz CT molecular complexity index is 912. The molecular weight excluding hydrogens is 386 g/mol. The van der Waals surface area contributed by atoms with Crippen LogP contribution in [0.4, 0.5) is 5.13 Å². The van der Waals surface area contributed by atoms with Gasteiger partial charge in [-0.15, -0.1) is 20.4 Å². The first kappa shape index (κ1) is 19.0. The molecule has 11 heteroatoms. The molecule has 3 rings (SSSR count). The van der Waals surface area contributed by atoms with Crippen LogP contribution >= 0.6 is 23.1 Å². The highest BCUT2D eigenvalue weighted by atomic mass is 32.2. The van der Waals surface area contributed by atoms with Gasteiger partial charge >= 0.3 is 0 Å². The van der Waals surface area contributed by atoms with Gasteiger partial charge < -0.3 is 9.88 Å². The van der Waals surface area contributed by atoms with E-state index in [2.05, 4.69) is 31.0 Å². The number of carbonyl (C=O) groups excluding carboxylic acids is 2. The maximum atomic E-state index is 12.3. The summed E-state index contributed by atoms with van der Waals surface area (Å²) in [4.78, 5) is 24.2. The predicted molar refractivity (Wildman–Crippen MR) is 103 cm³/mol. The summed E-state index contributed by atoms with van der Waals surface area (Å²) in [6.45, 7) is 1.83. The summed E-state index contributed by atoms with van der Waals surface area (Å²) >= 11 is 2.50. The number of benzene rings is 1. The molecule has 2 aromatic heterocycles. The molecule has 140 valence electrons. The molecule has 0 saturated carbocycles. The molecule has 3 aromatic rings. The number of hydrogen-bond donors (Lipinski definition) is 2. The number of nitrogens with zero attached hydrogens (tertiary/aromatic N) is 5. The number of thioether (sulfide) groups is 1. The lowest BCUT2D eigenvalue weighted by Gasteiger charge is -2.13. The van der Waals surface area contributed by atoms with Gasteiger partial charge in [-0.25, -0.2) is 0 Å². The van der Waals surface area contributed by atoms with E-state index < -0.39 is 0 Å². The van der Waals surface area contributed by atoms with E-state index in [9.17, 15) is 9.59 Å². The molecule has 1 atom stereocenters. The zero-order valence-electron chi connectivity index (χ0n) is 14.6. The van der Waals surface area contributed by atoms with Crippen molar-refractivity contribution in [3.05, 3.63) is 47.2 Å². The van der Waals surface area contributed by atoms with Crippen LogP contribution in [0.15, 0.2) is 41.0 Å². The number of amides is 2. The first-order valence-electron chi connectivity index (χ1n) is 7.98. The molecule has 0 bridgehead atoms. The molecule has 0 saturated heterocycles. The molecule has 27 heavy (non-hydrogen) atoms. The van der Waals surface area contributed by atoms with E-state index in [1.54, 1.807) is 29.3 Å². The molecule has 0 aliphatic rings. The number of nitrogens with one attached hydrogen (secondary N) is 2. The van der Waals surface area contributed by atoms with E-state index >= 15 is 0 Å². The summed E-state index contributed by atoms with van der Waals surface area (Å²) in [5, 5.41) is 22.3. The van der Waals surface area contributed by atoms with E-state index in [-0.39, 0.29) is 23.6 Å². The van der Waals surface area contributed by atoms with Gasteiger partial charge in [-0.05, 0) is 19.1 Å². The minimum atomic E-state index is -0.334. The first-order valence-corrected chi connectivity index (χ1v) is 9.85. The lowest BCUT2D eigenvalue weighted by atomic mass is 10.2. The fraction of sp³-hybridized carbons (Fsp3) is 0.250. The summed E-state index contributed by atoms with van der Waals surface area (Å²) < 4.78 is 1.76. The number of rotatable bonds is 7. The monoisotopic (exact) mass is 403 g/mol. The Kier molecular flexibility index (Phi) is 6.14. The molecule has 0 radical (unpaired) electrons. The number of hydrogen-bond acceptors (Lipinski definition) is 8. The van der Waals surface area contributed by atoms with Crippen LogP contribution in [0.2, 0.25) is 0 Å². The van der Waals surface area contributed by atoms with Crippen LogP contribution in [0.5, 0.6) is 0 Å². The number of anilines is 1. The highest BCUT2D eigenvalue weighted by Gasteiger charge is 2.19. The van der Waals surface area contributed by atoms with Gasteiger partial charge in [0.05, 0.1) is 11.8 Å². The molecule has 1 aromatic carbocycles. The van der Waals surface area contributed by atoms with Gasteiger partial charge in [0.1, 0.15) is 5.51 Å². The Balaban J connectivity index is 1.57. The maximum Gasteiger partial charge on any atom is 0.251 e. The molecule has 0 aliphatic carbocycles. The van der Waals surface area contributed by atoms with Crippen LogP contribution < -0.4 is 10.6 Å². The van der Waals surface area contributed by atoms with Crippen molar-refractivity contribution in [3.63, 3.8) is 0 Å². The summed E-state index contributed by atoms with van der Waals surface area (Å²) in [6, 6.07) is 8.63. The van der Waals surface area contributed by atoms with Crippen LogP contribution in [0.25, 0.3) is 0 Å². The fourth-order valence-corrected chi connectivity index (χ4v) is 3.46. The Labute approximate surface area is 163 Å². The molecular formula is C16H17N7O2S2. The maximum absolute atomic E-state index is 12.3. The van der Waals surface area contributed by atoms with Gasteiger partial charge in [-0.1, -0.05) is 41.3 Å². The number of carbonyl (C=O) groups is 2. The molecule has 2 heterocycles. The lowest BCUT2D eigenvalue weighted by Crippen LogP contribution is -2.28. The summed E-state index contributed by atoms with van der Waals surface area (Å²) in [6.07, 6.45) is 0. The van der Waals surface area contributed by atoms with E-state index in [1.807, 2.05) is 25.1 Å². The van der Waals surface area contributed by atoms with Crippen LogP contribution in [0, 0.1) is 0 Å². The first-order chi connectivity index (χ1) is 13.0. The third kappa shape index (κ3) is 4.89. The molecule has 0 aliphatic heterocycles. The van der Waals surface area contributed by atoms with E-state index in [0.717, 1.165) is 0 Å². The Morgan fingerprint density at radius 1 is 1.22 bits per heavy atom. The van der Waals surface area contributed by atoms with Gasteiger partial charge in [-0.3, -0.25) is 14.9 Å². The second-order valence-corrected chi connectivity index (χ2v) is 7.32. The summed E-state index contributed by atoms with van der Waals surface area (Å²) in [5.41, 5.74) is 2.12. The summed E-state index contributed by atoms with van der Waals surface area (Å²) in [5.74, 6) is 0.380. The smallest absolute Gasteiger partial charge is 0.251 e. The Morgan fingerprint density at radius 3 is 2.70 bits per heavy atom. The van der Waals surface area contributed by atoms with Crippen molar-refractivity contribution in [1.29, 1.82) is 0 Å². The Hall–Kier alpha value is -2.79. The fourth-order valence-electron chi connectivity index (χ4n) is 2.28. The van der Waals surface area contributed by atoms with Crippen molar-refractivity contribution in [2.75, 3.05) is 11.1 Å². The van der Waals surface area contributed by atoms with Crippen molar-refractivity contribution >= 4 is 40.0 Å². The predicted octanol–water partition coefficient (Wildman–Crippen LogP) is 1.89. The van der Waals surface area contributed by atoms with Crippen molar-refractivity contribution < 1.29 is 9.59 Å². The van der Waals surface area contributed by atoms with Gasteiger partial charge in [0.2, 0.25) is 11.0 Å².